The first-order valence-electron chi connectivity index (χ1n) is 7.92. The lowest BCUT2D eigenvalue weighted by Gasteiger charge is -2.15. The van der Waals surface area contributed by atoms with Gasteiger partial charge in [-0.15, -0.1) is 0 Å². The van der Waals surface area contributed by atoms with E-state index in [1.165, 1.54) is 29.3 Å². The minimum Gasteiger partial charge on any atom is -0.347 e. The average Bonchev–Trinajstić information content (AvgIpc) is 2.80. The second-order valence-electron chi connectivity index (χ2n) is 6.25. The number of hydrogen-bond donors (Lipinski definition) is 1. The lowest BCUT2D eigenvalue weighted by atomic mass is 10.1. The maximum Gasteiger partial charge on any atom is 0.0525 e. The Morgan fingerprint density at radius 3 is 2.65 bits per heavy atom. The Morgan fingerprint density at radius 1 is 1.15 bits per heavy atom. The van der Waals surface area contributed by atoms with Crippen molar-refractivity contribution in [2.24, 2.45) is 5.92 Å². The van der Waals surface area contributed by atoms with Crippen LogP contribution in [0.15, 0.2) is 30.5 Å². The molecule has 20 heavy (non-hydrogen) atoms. The van der Waals surface area contributed by atoms with E-state index in [9.17, 15) is 0 Å². The molecular weight excluding hydrogens is 244 g/mol. The number of fused-ring (bicyclic) bond motifs is 1. The number of nitrogens with one attached hydrogen (secondary N) is 1. The molecule has 1 atom stereocenters. The van der Waals surface area contributed by atoms with Gasteiger partial charge in [0.1, 0.15) is 0 Å². The summed E-state index contributed by atoms with van der Waals surface area (Å²) < 4.78 is 2.44. The molecule has 1 heterocycles. The van der Waals surface area contributed by atoms with Crippen molar-refractivity contribution in [1.29, 1.82) is 0 Å². The van der Waals surface area contributed by atoms with Gasteiger partial charge >= 0.3 is 0 Å². The summed E-state index contributed by atoms with van der Waals surface area (Å²) in [6.45, 7) is 11.1. The van der Waals surface area contributed by atoms with E-state index in [1.807, 2.05) is 0 Å². The molecular formula is C18H28N2. The van der Waals surface area contributed by atoms with E-state index in [0.29, 0.717) is 6.04 Å². The molecule has 0 radical (unpaired) electrons. The molecule has 0 amide bonds. The van der Waals surface area contributed by atoms with E-state index in [-0.39, 0.29) is 0 Å². The van der Waals surface area contributed by atoms with Crippen molar-refractivity contribution in [2.75, 3.05) is 0 Å². The van der Waals surface area contributed by atoms with Crippen molar-refractivity contribution in [2.45, 2.75) is 59.7 Å². The Morgan fingerprint density at radius 2 is 1.95 bits per heavy atom. The van der Waals surface area contributed by atoms with Gasteiger partial charge in [-0.1, -0.05) is 52.3 Å². The van der Waals surface area contributed by atoms with E-state index in [4.69, 9.17) is 0 Å². The molecule has 2 aromatic rings. The van der Waals surface area contributed by atoms with Crippen LogP contribution in [-0.4, -0.2) is 10.6 Å². The highest BCUT2D eigenvalue weighted by molar-refractivity contribution is 5.83. The standard InChI is InChI=1S/C18H28N2/c1-5-7-15(4)13-20-11-10-16-8-6-9-17(18(16)20)12-19-14(2)3/h6,8-11,14-15,19H,5,7,12-13H2,1-4H3. The Kier molecular flexibility index (Phi) is 5.24. The first-order valence-corrected chi connectivity index (χ1v) is 7.92. The van der Waals surface area contributed by atoms with Crippen LogP contribution in [0.2, 0.25) is 0 Å². The fourth-order valence-electron chi connectivity index (χ4n) is 2.87. The lowest BCUT2D eigenvalue weighted by molar-refractivity contribution is 0.452. The molecule has 0 spiro atoms. The highest BCUT2D eigenvalue weighted by Gasteiger charge is 2.09. The summed E-state index contributed by atoms with van der Waals surface area (Å²) in [6, 6.07) is 9.40. The van der Waals surface area contributed by atoms with E-state index in [2.05, 4.69) is 68.0 Å². The van der Waals surface area contributed by atoms with Crippen LogP contribution in [0.25, 0.3) is 10.9 Å². The molecule has 110 valence electrons. The van der Waals surface area contributed by atoms with Gasteiger partial charge in [0.15, 0.2) is 0 Å². The minimum absolute atomic E-state index is 0.521. The predicted octanol–water partition coefficient (Wildman–Crippen LogP) is 4.58. The van der Waals surface area contributed by atoms with Gasteiger partial charge in [-0.25, -0.2) is 0 Å². The summed E-state index contributed by atoms with van der Waals surface area (Å²) in [7, 11) is 0. The van der Waals surface area contributed by atoms with E-state index >= 15 is 0 Å². The number of rotatable bonds is 7. The van der Waals surface area contributed by atoms with Gasteiger partial charge in [-0.2, -0.15) is 0 Å². The number of nitrogens with zero attached hydrogens (tertiary/aromatic N) is 1. The first kappa shape index (κ1) is 15.1. The third kappa shape index (κ3) is 3.63. The fraction of sp³-hybridized carbons (Fsp3) is 0.556. The third-order valence-electron chi connectivity index (χ3n) is 3.86. The molecule has 2 heteroatoms. The molecule has 2 nitrogen and oxygen atoms in total. The van der Waals surface area contributed by atoms with Gasteiger partial charge in [0, 0.05) is 25.3 Å². The van der Waals surface area contributed by atoms with Crippen LogP contribution in [0.1, 0.15) is 46.1 Å². The number of para-hydroxylation sites is 1. The minimum atomic E-state index is 0.521. The van der Waals surface area contributed by atoms with E-state index in [0.717, 1.165) is 19.0 Å². The number of hydrogen-bond acceptors (Lipinski definition) is 1. The van der Waals surface area contributed by atoms with Crippen molar-refractivity contribution in [3.8, 4) is 0 Å². The van der Waals surface area contributed by atoms with Crippen LogP contribution in [-0.2, 0) is 13.1 Å². The Hall–Kier alpha value is -1.28. The zero-order valence-corrected chi connectivity index (χ0v) is 13.3. The van der Waals surface area contributed by atoms with E-state index < -0.39 is 0 Å². The SMILES string of the molecule is CCCC(C)Cn1ccc2cccc(CNC(C)C)c21. The highest BCUT2D eigenvalue weighted by atomic mass is 15.0. The predicted molar refractivity (Wildman–Crippen MR) is 88.0 cm³/mol. The smallest absolute Gasteiger partial charge is 0.0525 e. The Bertz CT molecular complexity index is 539. The first-order chi connectivity index (χ1) is 9.61. The molecule has 0 saturated heterocycles. The van der Waals surface area contributed by atoms with Gasteiger partial charge in [-0.05, 0) is 29.4 Å². The quantitative estimate of drug-likeness (QED) is 0.781. The average molecular weight is 272 g/mol. The lowest BCUT2D eigenvalue weighted by Crippen LogP contribution is -2.22. The molecule has 0 aliphatic carbocycles. The highest BCUT2D eigenvalue weighted by Crippen LogP contribution is 2.22. The van der Waals surface area contributed by atoms with Crippen molar-refractivity contribution in [1.82, 2.24) is 9.88 Å². The molecule has 0 fully saturated rings. The summed E-state index contributed by atoms with van der Waals surface area (Å²) in [5.74, 6) is 0.738. The van der Waals surface area contributed by atoms with Crippen LogP contribution in [0, 0.1) is 5.92 Å². The van der Waals surface area contributed by atoms with Gasteiger partial charge in [0.2, 0.25) is 0 Å². The summed E-state index contributed by atoms with van der Waals surface area (Å²) in [5, 5.41) is 4.89. The zero-order valence-electron chi connectivity index (χ0n) is 13.3. The van der Waals surface area contributed by atoms with Crippen molar-refractivity contribution in [3.63, 3.8) is 0 Å². The molecule has 0 saturated carbocycles. The van der Waals surface area contributed by atoms with Gasteiger partial charge < -0.3 is 9.88 Å². The van der Waals surface area contributed by atoms with Crippen LogP contribution < -0.4 is 5.32 Å². The summed E-state index contributed by atoms with van der Waals surface area (Å²) >= 11 is 0. The zero-order chi connectivity index (χ0) is 14.5. The topological polar surface area (TPSA) is 17.0 Å². The molecule has 1 unspecified atom stereocenters. The molecule has 1 aromatic carbocycles. The summed E-state index contributed by atoms with van der Waals surface area (Å²) in [4.78, 5) is 0. The molecule has 1 aromatic heterocycles. The molecule has 0 aliphatic rings. The Balaban J connectivity index is 2.26. The molecule has 0 aliphatic heterocycles. The van der Waals surface area contributed by atoms with Crippen LogP contribution in [0.4, 0.5) is 0 Å². The number of aromatic nitrogens is 1. The summed E-state index contributed by atoms with van der Waals surface area (Å²) in [5.41, 5.74) is 2.81. The van der Waals surface area contributed by atoms with Gasteiger partial charge in [0.25, 0.3) is 0 Å². The maximum absolute atomic E-state index is 3.54. The summed E-state index contributed by atoms with van der Waals surface area (Å²) in [6.07, 6.45) is 4.81. The van der Waals surface area contributed by atoms with Crippen molar-refractivity contribution >= 4 is 10.9 Å². The Labute approximate surface area is 123 Å². The number of benzene rings is 1. The molecule has 0 bridgehead atoms. The van der Waals surface area contributed by atoms with Crippen LogP contribution >= 0.6 is 0 Å². The second kappa shape index (κ2) is 6.94. The van der Waals surface area contributed by atoms with Crippen molar-refractivity contribution in [3.05, 3.63) is 36.0 Å². The van der Waals surface area contributed by atoms with Gasteiger partial charge in [-0.3, -0.25) is 0 Å². The van der Waals surface area contributed by atoms with Crippen LogP contribution in [0.5, 0.6) is 0 Å². The normalized spacial score (nSPS) is 13.2. The molecule has 2 rings (SSSR count). The van der Waals surface area contributed by atoms with E-state index in [1.54, 1.807) is 0 Å². The second-order valence-corrected chi connectivity index (χ2v) is 6.25. The van der Waals surface area contributed by atoms with Crippen molar-refractivity contribution < 1.29 is 0 Å². The maximum atomic E-state index is 3.54. The molecule has 1 N–H and O–H groups in total. The fourth-order valence-corrected chi connectivity index (χ4v) is 2.87. The van der Waals surface area contributed by atoms with Crippen LogP contribution in [0.3, 0.4) is 0 Å². The van der Waals surface area contributed by atoms with Gasteiger partial charge in [0.05, 0.1) is 5.52 Å². The third-order valence-corrected chi connectivity index (χ3v) is 3.86. The monoisotopic (exact) mass is 272 g/mol. The largest absolute Gasteiger partial charge is 0.347 e.